The third-order valence-electron chi connectivity index (χ3n) is 3.07. The van der Waals surface area contributed by atoms with Crippen LogP contribution < -0.4 is 15.8 Å². The van der Waals surface area contributed by atoms with Gasteiger partial charge in [0.05, 0.1) is 12.8 Å². The van der Waals surface area contributed by atoms with Gasteiger partial charge in [-0.25, -0.2) is 10.2 Å². The highest BCUT2D eigenvalue weighted by atomic mass is 16.5. The van der Waals surface area contributed by atoms with Crippen molar-refractivity contribution in [1.82, 2.24) is 5.43 Å². The molecular weight excluding hydrogens is 300 g/mol. The fraction of sp³-hybridized carbons (Fsp3) is 0.188. The Morgan fingerprint density at radius 3 is 2.74 bits per heavy atom. The van der Waals surface area contributed by atoms with E-state index in [1.807, 2.05) is 0 Å². The topological polar surface area (TPSA) is 101 Å². The van der Waals surface area contributed by atoms with E-state index in [1.165, 1.54) is 20.1 Å². The van der Waals surface area contributed by atoms with E-state index < -0.39 is 11.5 Å². The first kappa shape index (κ1) is 16.3. The number of hydrogen-bond donors (Lipinski definition) is 2. The Balaban J connectivity index is 2.22. The van der Waals surface area contributed by atoms with Gasteiger partial charge < -0.3 is 14.3 Å². The maximum atomic E-state index is 12.0. The van der Waals surface area contributed by atoms with E-state index in [9.17, 15) is 14.7 Å². The number of ether oxygens (including phenoxy) is 1. The zero-order chi connectivity index (χ0) is 17.0. The first-order chi connectivity index (χ1) is 10.9. The molecule has 0 fully saturated rings. The summed E-state index contributed by atoms with van der Waals surface area (Å²) in [5.74, 6) is 0.0921. The molecule has 0 bridgehead atoms. The second kappa shape index (κ2) is 6.78. The number of benzene rings is 1. The van der Waals surface area contributed by atoms with Crippen molar-refractivity contribution in [2.24, 2.45) is 5.10 Å². The van der Waals surface area contributed by atoms with Crippen molar-refractivity contribution in [2.75, 3.05) is 7.11 Å². The molecule has 0 unspecified atom stereocenters. The van der Waals surface area contributed by atoms with Crippen LogP contribution in [0.1, 0.15) is 28.6 Å². The monoisotopic (exact) mass is 316 g/mol. The fourth-order valence-electron chi connectivity index (χ4n) is 1.95. The van der Waals surface area contributed by atoms with Crippen molar-refractivity contribution in [3.63, 3.8) is 0 Å². The Morgan fingerprint density at radius 1 is 1.35 bits per heavy atom. The summed E-state index contributed by atoms with van der Waals surface area (Å²) in [5.41, 5.74) is 1.98. The van der Waals surface area contributed by atoms with Crippen LogP contribution in [0.4, 0.5) is 0 Å². The normalized spacial score (nSPS) is 11.2. The molecule has 0 saturated carbocycles. The summed E-state index contributed by atoms with van der Waals surface area (Å²) in [6.07, 6.45) is 0. The van der Waals surface area contributed by atoms with Crippen molar-refractivity contribution >= 4 is 11.6 Å². The molecule has 1 aromatic carbocycles. The summed E-state index contributed by atoms with van der Waals surface area (Å²) < 4.78 is 9.95. The predicted octanol–water partition coefficient (Wildman–Crippen LogP) is 1.82. The average Bonchev–Trinajstić information content (AvgIpc) is 2.51. The molecule has 0 spiro atoms. The zero-order valence-corrected chi connectivity index (χ0v) is 12.9. The third-order valence-corrected chi connectivity index (χ3v) is 3.07. The number of nitrogens with zero attached hydrogens (tertiary/aromatic N) is 1. The van der Waals surface area contributed by atoms with Gasteiger partial charge in [-0.15, -0.1) is 0 Å². The predicted molar refractivity (Wildman–Crippen MR) is 84.1 cm³/mol. The molecule has 2 N–H and O–H groups in total. The number of nitrogens with one attached hydrogen (secondary N) is 1. The summed E-state index contributed by atoms with van der Waals surface area (Å²) in [5, 5.41) is 13.7. The molecule has 1 amide bonds. The van der Waals surface area contributed by atoms with E-state index in [2.05, 4.69) is 10.5 Å². The third kappa shape index (κ3) is 3.76. The quantitative estimate of drug-likeness (QED) is 0.662. The Hall–Kier alpha value is -3.09. The highest BCUT2D eigenvalue weighted by Gasteiger charge is 2.14. The van der Waals surface area contributed by atoms with Crippen LogP contribution in [0.25, 0.3) is 0 Å². The average molecular weight is 316 g/mol. The summed E-state index contributed by atoms with van der Waals surface area (Å²) >= 11 is 0. The summed E-state index contributed by atoms with van der Waals surface area (Å²) in [4.78, 5) is 23.8. The van der Waals surface area contributed by atoms with Gasteiger partial charge in [0.2, 0.25) is 0 Å². The van der Waals surface area contributed by atoms with Crippen LogP contribution in [-0.4, -0.2) is 23.8 Å². The fourth-order valence-corrected chi connectivity index (χ4v) is 1.95. The van der Waals surface area contributed by atoms with Crippen molar-refractivity contribution in [3.8, 4) is 11.5 Å². The van der Waals surface area contributed by atoms with Gasteiger partial charge >= 0.3 is 5.63 Å². The molecule has 7 heteroatoms. The Labute approximate surface area is 132 Å². The van der Waals surface area contributed by atoms with E-state index in [4.69, 9.17) is 9.15 Å². The van der Waals surface area contributed by atoms with Crippen molar-refractivity contribution in [1.29, 1.82) is 0 Å². The van der Waals surface area contributed by atoms with Gasteiger partial charge in [0.1, 0.15) is 22.8 Å². The number of aromatic hydroxyl groups is 1. The molecule has 0 aliphatic carbocycles. The highest BCUT2D eigenvalue weighted by molar-refractivity contribution is 6.02. The second-order valence-electron chi connectivity index (χ2n) is 4.77. The summed E-state index contributed by atoms with van der Waals surface area (Å²) in [6.45, 7) is 3.02. The highest BCUT2D eigenvalue weighted by Crippen LogP contribution is 2.15. The largest absolute Gasteiger partial charge is 0.507 e. The van der Waals surface area contributed by atoms with Gasteiger partial charge in [0.25, 0.3) is 5.91 Å². The number of hydrazone groups is 1. The summed E-state index contributed by atoms with van der Waals surface area (Å²) in [7, 11) is 1.50. The molecule has 0 saturated heterocycles. The molecule has 2 aromatic rings. The van der Waals surface area contributed by atoms with Gasteiger partial charge in [-0.1, -0.05) is 6.07 Å². The standard InChI is InChI=1S/C16H16N2O5/c1-9-7-13(19)14(16(21)23-9)10(2)17-18-15(20)11-5-4-6-12(8-11)22-3/h4-8,19H,1-3H3,(H,18,20)/b17-10+. The molecule has 120 valence electrons. The Bertz CT molecular complexity index is 823. The summed E-state index contributed by atoms with van der Waals surface area (Å²) in [6, 6.07) is 7.84. The smallest absolute Gasteiger partial charge is 0.348 e. The molecular formula is C16H16N2O5. The minimum atomic E-state index is -0.723. The van der Waals surface area contributed by atoms with Gasteiger partial charge in [-0.05, 0) is 32.0 Å². The van der Waals surface area contributed by atoms with Crippen molar-refractivity contribution in [3.05, 3.63) is 57.6 Å². The van der Waals surface area contributed by atoms with Crippen LogP contribution in [0.2, 0.25) is 0 Å². The lowest BCUT2D eigenvalue weighted by Crippen LogP contribution is -2.21. The number of carbonyl (C=O) groups excluding carboxylic acids is 1. The zero-order valence-electron chi connectivity index (χ0n) is 12.9. The Kier molecular flexibility index (Phi) is 4.80. The van der Waals surface area contributed by atoms with Gasteiger partial charge in [-0.2, -0.15) is 5.10 Å². The SMILES string of the molecule is COc1cccc(C(=O)N/N=C(\C)c2c(O)cc(C)oc2=O)c1. The van der Waals surface area contributed by atoms with E-state index in [-0.39, 0.29) is 22.8 Å². The lowest BCUT2D eigenvalue weighted by Gasteiger charge is -2.05. The van der Waals surface area contributed by atoms with Gasteiger partial charge in [0.15, 0.2) is 0 Å². The Morgan fingerprint density at radius 2 is 2.09 bits per heavy atom. The number of hydrogen-bond acceptors (Lipinski definition) is 6. The van der Waals surface area contributed by atoms with Crippen LogP contribution in [-0.2, 0) is 0 Å². The van der Waals surface area contributed by atoms with Crippen LogP contribution in [0, 0.1) is 6.92 Å². The van der Waals surface area contributed by atoms with Crippen LogP contribution in [0.5, 0.6) is 11.5 Å². The van der Waals surface area contributed by atoms with E-state index in [1.54, 1.807) is 31.2 Å². The first-order valence-corrected chi connectivity index (χ1v) is 6.75. The molecule has 0 atom stereocenters. The minimum Gasteiger partial charge on any atom is -0.507 e. The molecule has 0 radical (unpaired) electrons. The molecule has 0 aliphatic heterocycles. The molecule has 0 aliphatic rings. The van der Waals surface area contributed by atoms with Crippen LogP contribution >= 0.6 is 0 Å². The van der Waals surface area contributed by atoms with E-state index in [0.717, 1.165) is 0 Å². The number of methoxy groups -OCH3 is 1. The van der Waals surface area contributed by atoms with Gasteiger partial charge in [0, 0.05) is 11.6 Å². The van der Waals surface area contributed by atoms with Crippen LogP contribution in [0.3, 0.4) is 0 Å². The maximum absolute atomic E-state index is 12.0. The lowest BCUT2D eigenvalue weighted by atomic mass is 10.2. The van der Waals surface area contributed by atoms with Crippen molar-refractivity contribution in [2.45, 2.75) is 13.8 Å². The first-order valence-electron chi connectivity index (χ1n) is 6.75. The van der Waals surface area contributed by atoms with E-state index >= 15 is 0 Å². The number of aryl methyl sites for hydroxylation is 1. The number of amides is 1. The lowest BCUT2D eigenvalue weighted by molar-refractivity contribution is 0.0954. The van der Waals surface area contributed by atoms with Crippen molar-refractivity contribution < 1.29 is 19.1 Å². The number of carbonyl (C=O) groups is 1. The molecule has 1 heterocycles. The van der Waals surface area contributed by atoms with Gasteiger partial charge in [-0.3, -0.25) is 4.79 Å². The van der Waals surface area contributed by atoms with Crippen LogP contribution in [0.15, 0.2) is 44.6 Å². The molecule has 7 nitrogen and oxygen atoms in total. The molecule has 23 heavy (non-hydrogen) atoms. The minimum absolute atomic E-state index is 0.0958. The molecule has 2 rings (SSSR count). The molecule has 1 aromatic heterocycles. The maximum Gasteiger partial charge on any atom is 0.348 e. The number of rotatable bonds is 4. The second-order valence-corrected chi connectivity index (χ2v) is 4.77. The van der Waals surface area contributed by atoms with E-state index in [0.29, 0.717) is 11.3 Å².